The van der Waals surface area contributed by atoms with Crippen molar-refractivity contribution in [2.24, 2.45) is 5.41 Å². The molecule has 0 aliphatic carbocycles. The smallest absolute Gasteiger partial charge is 0.500 e. The molecule has 372 valence electrons. The van der Waals surface area contributed by atoms with Crippen molar-refractivity contribution in [3.63, 3.8) is 0 Å². The molecule has 6 aromatic carbocycles. The predicted octanol–water partition coefficient (Wildman–Crippen LogP) is 17.1. The van der Waals surface area contributed by atoms with Crippen LogP contribution in [0.3, 0.4) is 0 Å². The monoisotopic (exact) mass is 1150 g/mol. The number of aromatic nitrogens is 3. The zero-order chi connectivity index (χ0) is 53.8. The summed E-state index contributed by atoms with van der Waals surface area (Å²) in [5.41, 5.74) is 11.6. The van der Waals surface area contributed by atoms with E-state index in [-0.39, 0.29) is 42.5 Å². The molecular weight excluding hydrogens is 1090 g/mol. The first-order chi connectivity index (χ1) is 36.1. The molecule has 74 heavy (non-hydrogen) atoms. The van der Waals surface area contributed by atoms with Gasteiger partial charge in [0.2, 0.25) is 0 Å². The van der Waals surface area contributed by atoms with E-state index in [4.69, 9.17) is 20.7 Å². The molecule has 6 heteroatoms. The first-order valence-corrected chi connectivity index (χ1v) is 25.2. The van der Waals surface area contributed by atoms with Crippen molar-refractivity contribution < 1.29 is 33.0 Å². The third-order valence-corrected chi connectivity index (χ3v) is 14.0. The quantitative estimate of drug-likeness (QED) is 0.102. The van der Waals surface area contributed by atoms with Gasteiger partial charge in [-0.3, -0.25) is 0 Å². The maximum absolute atomic E-state index is 15.9. The van der Waals surface area contributed by atoms with Crippen molar-refractivity contribution in [3.05, 3.63) is 233 Å². The number of fused-ring (bicyclic) bond motifs is 3. The zero-order valence-corrected chi connectivity index (χ0v) is 46.1. The molecule has 10 aromatic rings. The Labute approximate surface area is 455 Å². The van der Waals surface area contributed by atoms with Gasteiger partial charge < -0.3 is 19.4 Å². The molecule has 0 unspecified atom stereocenters. The molecule has 4 heterocycles. The van der Waals surface area contributed by atoms with E-state index in [1.807, 2.05) is 130 Å². The van der Waals surface area contributed by atoms with Gasteiger partial charge in [-0.2, -0.15) is 0 Å². The number of rotatable bonds is 14. The fourth-order valence-corrected chi connectivity index (χ4v) is 10.4. The summed E-state index contributed by atoms with van der Waals surface area (Å²) in [4.78, 5) is 14.9. The van der Waals surface area contributed by atoms with Crippen LogP contribution in [0.1, 0.15) is 105 Å². The Kier molecular flexibility index (Phi) is 13.5. The van der Waals surface area contributed by atoms with Crippen molar-refractivity contribution in [1.29, 1.82) is 0 Å². The number of nitrogens with zero attached hydrogens (tertiary/aromatic N) is 3. The second kappa shape index (κ2) is 20.8. The van der Waals surface area contributed by atoms with Crippen LogP contribution in [0.4, 0.5) is 4.39 Å². The molecular formula is C68H63FIrN3O. The Balaban J connectivity index is 0.00000722. The Morgan fingerprint density at radius 1 is 0.541 bits per heavy atom. The third-order valence-electron chi connectivity index (χ3n) is 14.0. The van der Waals surface area contributed by atoms with E-state index < -0.39 is 23.0 Å². The normalized spacial score (nSPS) is 13.1. The minimum atomic E-state index is -1.81. The average Bonchev–Trinajstić information content (AvgIpc) is 3.76. The standard InChI is InChI=1S/C68H63FN3O.Ir/c1-65(2,3)41-51-37-61(56-27-19-26-54-55-30-31-58(69)62(64(55)73-63(54)56)50-24-17-12-18-25-50)72-44-57(51)68(8,9)40-47-35-45(38-66(4,5)52-28-32-59(70-42-52)48-20-13-10-14-21-48)34-46(36-47)39-67(6,7)53-29-33-60(71-43-53)49-22-15-11-16-23-49;/h10-20,22,24-26,28-37,42-44H,38-41H2,1-9H3;/q-3;+3/i31D,41D2;. The van der Waals surface area contributed by atoms with Gasteiger partial charge in [0.25, 0.3) is 0 Å². The third kappa shape index (κ3) is 11.1. The van der Waals surface area contributed by atoms with Crippen LogP contribution in [-0.4, -0.2) is 15.0 Å². The fraction of sp³-hybridized carbons (Fsp3) is 0.250. The summed E-state index contributed by atoms with van der Waals surface area (Å²) in [6, 6.07) is 57.3. The van der Waals surface area contributed by atoms with Gasteiger partial charge in [-0.05, 0) is 121 Å². The largest absolute Gasteiger partial charge is 3.00 e. The van der Waals surface area contributed by atoms with Crippen molar-refractivity contribution in [3.8, 4) is 44.9 Å². The van der Waals surface area contributed by atoms with Crippen LogP contribution in [-0.2, 0) is 62.0 Å². The van der Waals surface area contributed by atoms with Gasteiger partial charge in [0.05, 0.1) is 12.5 Å². The van der Waals surface area contributed by atoms with E-state index in [2.05, 4.69) is 102 Å². The van der Waals surface area contributed by atoms with Gasteiger partial charge in [0.15, 0.2) is 0 Å². The van der Waals surface area contributed by atoms with Crippen LogP contribution in [0.5, 0.6) is 0 Å². The van der Waals surface area contributed by atoms with Crippen LogP contribution in [0, 0.1) is 29.4 Å². The van der Waals surface area contributed by atoms with Crippen LogP contribution in [0.15, 0.2) is 175 Å². The van der Waals surface area contributed by atoms with E-state index in [1.54, 1.807) is 6.07 Å². The molecule has 0 N–H and O–H groups in total. The molecule has 0 amide bonds. The van der Waals surface area contributed by atoms with E-state index >= 15 is 4.39 Å². The SMILES string of the molecule is [2H]c1cc2c(oc3c(-c4cc(C([2H])([2H])C(C)(C)C)c(C(C)(C)Cc5cc(CC(C)(C)c6ccc(-c7[c-]cccc7)nc6)cc(CC(C)(C)c6ccc(-c7[c-]cccc7)nc6)c5)cn4)[c-]ccc32)c(-c2ccccc2)c1F.[Ir+3]. The number of halogens is 1. The zero-order valence-electron chi connectivity index (χ0n) is 46.7. The van der Waals surface area contributed by atoms with Gasteiger partial charge in [-0.15, -0.1) is 90.0 Å². The minimum absolute atomic E-state index is 0. The summed E-state index contributed by atoms with van der Waals surface area (Å²) >= 11 is 0. The van der Waals surface area contributed by atoms with Gasteiger partial charge in [-0.25, -0.2) is 4.39 Å². The number of pyridine rings is 3. The first-order valence-electron chi connectivity index (χ1n) is 26.7. The Morgan fingerprint density at radius 2 is 1.07 bits per heavy atom. The molecule has 4 aromatic heterocycles. The molecule has 10 rings (SSSR count). The second-order valence-electron chi connectivity index (χ2n) is 22.5. The van der Waals surface area contributed by atoms with Gasteiger partial charge in [0.1, 0.15) is 11.4 Å². The molecule has 0 bridgehead atoms. The average molecular weight is 1150 g/mol. The van der Waals surface area contributed by atoms with E-state index in [0.717, 1.165) is 57.6 Å². The molecule has 0 spiro atoms. The summed E-state index contributed by atoms with van der Waals surface area (Å²) in [5, 5.41) is 1.31. The van der Waals surface area contributed by atoms with Crippen LogP contribution < -0.4 is 0 Å². The van der Waals surface area contributed by atoms with Crippen LogP contribution >= 0.6 is 0 Å². The number of hydrogen-bond donors (Lipinski definition) is 0. The summed E-state index contributed by atoms with van der Waals surface area (Å²) in [5.74, 6) is -0.658. The summed E-state index contributed by atoms with van der Waals surface area (Å²) in [7, 11) is 0. The Hall–Kier alpha value is -6.85. The number of hydrogen-bond acceptors (Lipinski definition) is 4. The molecule has 0 radical (unpaired) electrons. The molecule has 0 saturated carbocycles. The van der Waals surface area contributed by atoms with E-state index in [1.165, 1.54) is 17.2 Å². The fourth-order valence-electron chi connectivity index (χ4n) is 10.4. The molecule has 0 fully saturated rings. The van der Waals surface area contributed by atoms with Crippen LogP contribution in [0.25, 0.3) is 66.8 Å². The van der Waals surface area contributed by atoms with Gasteiger partial charge in [-0.1, -0.05) is 152 Å². The van der Waals surface area contributed by atoms with E-state index in [0.29, 0.717) is 50.7 Å². The van der Waals surface area contributed by atoms with Crippen molar-refractivity contribution in [2.45, 2.75) is 104 Å². The first kappa shape index (κ1) is 48.1. The Morgan fingerprint density at radius 3 is 1.58 bits per heavy atom. The van der Waals surface area contributed by atoms with Crippen molar-refractivity contribution in [2.75, 3.05) is 0 Å². The molecule has 0 aliphatic rings. The van der Waals surface area contributed by atoms with Gasteiger partial charge >= 0.3 is 20.1 Å². The number of benzene rings is 6. The van der Waals surface area contributed by atoms with Crippen LogP contribution in [0.2, 0.25) is 0 Å². The van der Waals surface area contributed by atoms with E-state index in [9.17, 15) is 2.74 Å². The van der Waals surface area contributed by atoms with Gasteiger partial charge in [0, 0.05) is 26.7 Å². The summed E-state index contributed by atoms with van der Waals surface area (Å²) < 4.78 is 50.9. The summed E-state index contributed by atoms with van der Waals surface area (Å²) in [6.07, 6.45) is 6.15. The number of furan rings is 1. The summed E-state index contributed by atoms with van der Waals surface area (Å²) in [6.45, 7) is 19.3. The predicted molar refractivity (Wildman–Crippen MR) is 298 cm³/mol. The maximum Gasteiger partial charge on any atom is 3.00 e. The molecule has 0 saturated heterocycles. The maximum atomic E-state index is 15.9. The topological polar surface area (TPSA) is 51.8 Å². The van der Waals surface area contributed by atoms with Crippen molar-refractivity contribution >= 4 is 21.9 Å². The molecule has 4 nitrogen and oxygen atoms in total. The minimum Gasteiger partial charge on any atom is -0.500 e. The van der Waals surface area contributed by atoms with Crippen molar-refractivity contribution in [1.82, 2.24) is 15.0 Å². The molecule has 0 aliphatic heterocycles. The second-order valence-corrected chi connectivity index (χ2v) is 22.5. The Bertz CT molecular complexity index is 3600. The molecule has 0 atom stereocenters.